The minimum Gasteiger partial charge on any atom is -0.356 e. The van der Waals surface area contributed by atoms with E-state index in [0.29, 0.717) is 0 Å². The number of rotatable bonds is 4. The minimum absolute atomic E-state index is 0.157. The zero-order chi connectivity index (χ0) is 14.7. The van der Waals surface area contributed by atoms with E-state index in [9.17, 15) is 0 Å². The third-order valence-electron chi connectivity index (χ3n) is 3.91. The van der Waals surface area contributed by atoms with Crippen LogP contribution in [0.5, 0.6) is 0 Å². The van der Waals surface area contributed by atoms with Crippen LogP contribution >= 0.6 is 0 Å². The summed E-state index contributed by atoms with van der Waals surface area (Å²) < 4.78 is 16.6. The number of aromatic nitrogens is 1. The van der Waals surface area contributed by atoms with Crippen molar-refractivity contribution in [1.82, 2.24) is 4.98 Å². The molecule has 0 spiro atoms. The van der Waals surface area contributed by atoms with Crippen molar-refractivity contribution in [3.05, 3.63) is 54.4 Å². The van der Waals surface area contributed by atoms with Gasteiger partial charge in [-0.05, 0) is 28.8 Å². The molecule has 1 saturated heterocycles. The van der Waals surface area contributed by atoms with Crippen molar-refractivity contribution < 1.29 is 14.2 Å². The first-order valence-corrected chi connectivity index (χ1v) is 7.04. The zero-order valence-corrected chi connectivity index (χ0v) is 12.2. The van der Waals surface area contributed by atoms with E-state index in [1.807, 2.05) is 36.7 Å². The minimum atomic E-state index is -0.280. The zero-order valence-electron chi connectivity index (χ0n) is 12.2. The number of hydrogen-bond acceptors (Lipinski definition) is 4. The summed E-state index contributed by atoms with van der Waals surface area (Å²) in [6.45, 7) is 0. The van der Waals surface area contributed by atoms with Crippen LogP contribution in [0.4, 0.5) is 0 Å². The number of pyridine rings is 1. The average molecular weight is 285 g/mol. The van der Waals surface area contributed by atoms with Gasteiger partial charge in [-0.15, -0.1) is 0 Å². The second-order valence-electron chi connectivity index (χ2n) is 5.07. The Balaban J connectivity index is 1.99. The normalized spacial score (nSPS) is 25.1. The lowest BCUT2D eigenvalue weighted by molar-refractivity contribution is -0.188. The van der Waals surface area contributed by atoms with E-state index in [1.165, 1.54) is 11.1 Å². The summed E-state index contributed by atoms with van der Waals surface area (Å²) >= 11 is 0. The predicted molar refractivity (Wildman–Crippen MR) is 79.7 cm³/mol. The maximum Gasteiger partial charge on any atom is 0.167 e. The van der Waals surface area contributed by atoms with Gasteiger partial charge in [0.2, 0.25) is 0 Å². The van der Waals surface area contributed by atoms with E-state index in [2.05, 4.69) is 17.1 Å². The van der Waals surface area contributed by atoms with Gasteiger partial charge in [-0.2, -0.15) is 0 Å². The Kier molecular flexibility index (Phi) is 4.29. The lowest BCUT2D eigenvalue weighted by Crippen LogP contribution is -2.18. The molecule has 2 heterocycles. The van der Waals surface area contributed by atoms with Crippen molar-refractivity contribution >= 4 is 0 Å². The van der Waals surface area contributed by atoms with Gasteiger partial charge in [-0.1, -0.05) is 24.3 Å². The van der Waals surface area contributed by atoms with Gasteiger partial charge in [-0.25, -0.2) is 0 Å². The molecule has 1 fully saturated rings. The third kappa shape index (κ3) is 2.83. The topological polar surface area (TPSA) is 40.6 Å². The van der Waals surface area contributed by atoms with Gasteiger partial charge in [0.15, 0.2) is 12.6 Å². The van der Waals surface area contributed by atoms with Gasteiger partial charge in [0, 0.05) is 39.0 Å². The summed E-state index contributed by atoms with van der Waals surface area (Å²) in [5.41, 5.74) is 3.55. The molecule has 4 heteroatoms. The van der Waals surface area contributed by atoms with Gasteiger partial charge in [0.1, 0.15) is 0 Å². The quantitative estimate of drug-likeness (QED) is 0.865. The summed E-state index contributed by atoms with van der Waals surface area (Å²) in [5.74, 6) is 0.157. The van der Waals surface area contributed by atoms with Crippen LogP contribution in [0.1, 0.15) is 17.9 Å². The molecular weight excluding hydrogens is 266 g/mol. The number of benzene rings is 1. The molecule has 0 amide bonds. The van der Waals surface area contributed by atoms with Crippen LogP contribution in [-0.4, -0.2) is 31.8 Å². The Morgan fingerprint density at radius 1 is 1.05 bits per heavy atom. The molecule has 0 aliphatic carbocycles. The molecule has 3 unspecified atom stereocenters. The van der Waals surface area contributed by atoms with Crippen molar-refractivity contribution in [1.29, 1.82) is 0 Å². The lowest BCUT2D eigenvalue weighted by Gasteiger charge is -2.20. The van der Waals surface area contributed by atoms with Crippen LogP contribution in [-0.2, 0) is 14.2 Å². The van der Waals surface area contributed by atoms with Crippen LogP contribution in [0.15, 0.2) is 48.8 Å². The van der Waals surface area contributed by atoms with E-state index in [4.69, 9.17) is 14.2 Å². The summed E-state index contributed by atoms with van der Waals surface area (Å²) in [6, 6.07) is 12.4. The first-order chi connectivity index (χ1) is 10.3. The second-order valence-corrected chi connectivity index (χ2v) is 5.07. The van der Waals surface area contributed by atoms with Crippen LogP contribution in [0, 0.1) is 0 Å². The molecule has 0 N–H and O–H groups in total. The summed E-state index contributed by atoms with van der Waals surface area (Å²) in [7, 11) is 3.33. The third-order valence-corrected chi connectivity index (χ3v) is 3.91. The van der Waals surface area contributed by atoms with Crippen molar-refractivity contribution in [3.63, 3.8) is 0 Å². The van der Waals surface area contributed by atoms with Crippen molar-refractivity contribution in [2.75, 3.05) is 14.2 Å². The monoisotopic (exact) mass is 285 g/mol. The molecule has 21 heavy (non-hydrogen) atoms. The first kappa shape index (κ1) is 14.2. The standard InChI is InChI=1S/C17H19NO3/c1-19-16-11-15(17(20-2)21-16)14-6-4-3-5-13(14)12-7-9-18-10-8-12/h3-10,15-17H,11H2,1-2H3. The highest BCUT2D eigenvalue weighted by molar-refractivity contribution is 5.67. The Bertz CT molecular complexity index is 588. The van der Waals surface area contributed by atoms with Crippen LogP contribution in [0.2, 0.25) is 0 Å². The highest BCUT2D eigenvalue weighted by atomic mass is 16.8. The number of methoxy groups -OCH3 is 2. The van der Waals surface area contributed by atoms with Gasteiger partial charge < -0.3 is 14.2 Å². The lowest BCUT2D eigenvalue weighted by atomic mass is 9.89. The smallest absolute Gasteiger partial charge is 0.167 e. The Morgan fingerprint density at radius 2 is 1.81 bits per heavy atom. The second kappa shape index (κ2) is 6.35. The van der Waals surface area contributed by atoms with Crippen molar-refractivity contribution in [3.8, 4) is 11.1 Å². The molecule has 4 nitrogen and oxygen atoms in total. The van der Waals surface area contributed by atoms with Gasteiger partial charge >= 0.3 is 0 Å². The average Bonchev–Trinajstić information content (AvgIpc) is 2.99. The molecule has 0 saturated carbocycles. The van der Waals surface area contributed by atoms with E-state index in [0.717, 1.165) is 12.0 Å². The number of hydrogen-bond donors (Lipinski definition) is 0. The van der Waals surface area contributed by atoms with Crippen molar-refractivity contribution in [2.24, 2.45) is 0 Å². The highest BCUT2D eigenvalue weighted by Gasteiger charge is 2.37. The molecule has 1 aromatic carbocycles. The summed E-state index contributed by atoms with van der Waals surface area (Å²) in [4.78, 5) is 4.09. The molecule has 0 radical (unpaired) electrons. The molecule has 2 aromatic rings. The van der Waals surface area contributed by atoms with Gasteiger partial charge in [0.05, 0.1) is 0 Å². The van der Waals surface area contributed by atoms with Crippen molar-refractivity contribution in [2.45, 2.75) is 24.9 Å². The van der Waals surface area contributed by atoms with Gasteiger partial charge in [-0.3, -0.25) is 4.98 Å². The van der Waals surface area contributed by atoms with E-state index < -0.39 is 0 Å². The largest absolute Gasteiger partial charge is 0.356 e. The summed E-state index contributed by atoms with van der Waals surface area (Å²) in [5, 5.41) is 0. The number of nitrogens with zero attached hydrogens (tertiary/aromatic N) is 1. The van der Waals surface area contributed by atoms with E-state index in [1.54, 1.807) is 14.2 Å². The first-order valence-electron chi connectivity index (χ1n) is 7.04. The van der Waals surface area contributed by atoms with Crippen LogP contribution in [0.3, 0.4) is 0 Å². The fourth-order valence-electron chi connectivity index (χ4n) is 2.88. The Labute approximate surface area is 124 Å². The number of ether oxygens (including phenoxy) is 3. The highest BCUT2D eigenvalue weighted by Crippen LogP contribution is 2.40. The molecule has 3 atom stereocenters. The Hall–Kier alpha value is -1.75. The fraction of sp³-hybridized carbons (Fsp3) is 0.353. The molecule has 110 valence electrons. The molecule has 0 bridgehead atoms. The molecular formula is C17H19NO3. The maximum absolute atomic E-state index is 5.76. The molecule has 1 aliphatic rings. The predicted octanol–water partition coefficient (Wildman–Crippen LogP) is 3.20. The summed E-state index contributed by atoms with van der Waals surface area (Å²) in [6.07, 6.45) is 3.91. The molecule has 1 aliphatic heterocycles. The van der Waals surface area contributed by atoms with Crippen LogP contribution in [0.25, 0.3) is 11.1 Å². The van der Waals surface area contributed by atoms with E-state index >= 15 is 0 Å². The SMILES string of the molecule is COC1CC(c2ccccc2-c2ccncc2)C(OC)O1. The van der Waals surface area contributed by atoms with Crippen LogP contribution < -0.4 is 0 Å². The molecule has 1 aromatic heterocycles. The van der Waals surface area contributed by atoms with Gasteiger partial charge in [0.25, 0.3) is 0 Å². The maximum atomic E-state index is 5.76. The fourth-order valence-corrected chi connectivity index (χ4v) is 2.88. The molecule has 3 rings (SSSR count). The Morgan fingerprint density at radius 3 is 2.52 bits per heavy atom. The van der Waals surface area contributed by atoms with E-state index in [-0.39, 0.29) is 18.5 Å².